The van der Waals surface area contributed by atoms with Crippen molar-refractivity contribution in [1.29, 1.82) is 0 Å². The van der Waals surface area contributed by atoms with Gasteiger partial charge < -0.3 is 14.8 Å². The zero-order valence-electron chi connectivity index (χ0n) is 11.0. The minimum atomic E-state index is 0.580. The molecule has 2 heterocycles. The highest BCUT2D eigenvalue weighted by Gasteiger charge is 2.15. The molecule has 1 aromatic heterocycles. The summed E-state index contributed by atoms with van der Waals surface area (Å²) in [6, 6.07) is 5.80. The molecule has 1 N–H and O–H groups in total. The summed E-state index contributed by atoms with van der Waals surface area (Å²) in [5.74, 6) is 3.16. The van der Waals surface area contributed by atoms with Gasteiger partial charge in [-0.2, -0.15) is 5.10 Å². The fourth-order valence-corrected chi connectivity index (χ4v) is 2.10. The smallest absolute Gasteiger partial charge is 0.163 e. The lowest BCUT2D eigenvalue weighted by atomic mass is 10.2. The molecule has 1 aromatic carbocycles. The van der Waals surface area contributed by atoms with E-state index in [1.54, 1.807) is 0 Å². The second-order valence-electron chi connectivity index (χ2n) is 4.35. The third-order valence-corrected chi connectivity index (χ3v) is 2.89. The van der Waals surface area contributed by atoms with Gasteiger partial charge in [0.2, 0.25) is 0 Å². The first-order valence-corrected chi connectivity index (χ1v) is 6.25. The van der Waals surface area contributed by atoms with Crippen LogP contribution >= 0.6 is 0 Å². The van der Waals surface area contributed by atoms with E-state index in [4.69, 9.17) is 9.47 Å². The molecule has 0 aliphatic carbocycles. The fraction of sp³-hybridized carbons (Fsp3) is 0.385. The van der Waals surface area contributed by atoms with Crippen molar-refractivity contribution in [3.63, 3.8) is 0 Å². The van der Waals surface area contributed by atoms with Gasteiger partial charge in [0.05, 0.1) is 12.2 Å². The van der Waals surface area contributed by atoms with E-state index in [0.29, 0.717) is 19.8 Å². The van der Waals surface area contributed by atoms with E-state index in [2.05, 4.69) is 15.4 Å². The van der Waals surface area contributed by atoms with Crippen molar-refractivity contribution in [2.24, 2.45) is 0 Å². The maximum absolute atomic E-state index is 5.59. The van der Waals surface area contributed by atoms with E-state index < -0.39 is 0 Å². The Labute approximate surface area is 111 Å². The standard InChI is InChI=1S/C13H16N4O2/c1-9-15-13(8-14-2)17(16-9)10-3-4-11-12(7-10)19-6-5-18-11/h3-4,7,14H,5-6,8H2,1-2H3. The van der Waals surface area contributed by atoms with Crippen LogP contribution in [0.3, 0.4) is 0 Å². The predicted octanol–water partition coefficient (Wildman–Crippen LogP) is 1.07. The molecule has 0 unspecified atom stereocenters. The van der Waals surface area contributed by atoms with Gasteiger partial charge in [-0.1, -0.05) is 0 Å². The molecule has 0 saturated heterocycles. The van der Waals surface area contributed by atoms with Crippen LogP contribution < -0.4 is 14.8 Å². The number of nitrogens with one attached hydrogen (secondary N) is 1. The molecule has 3 rings (SSSR count). The Bertz CT molecular complexity index is 594. The summed E-state index contributed by atoms with van der Waals surface area (Å²) in [7, 11) is 1.89. The normalized spacial score (nSPS) is 13.6. The second-order valence-corrected chi connectivity index (χ2v) is 4.35. The Kier molecular flexibility index (Phi) is 3.08. The van der Waals surface area contributed by atoms with Gasteiger partial charge in [-0.05, 0) is 26.1 Å². The molecule has 6 heteroatoms. The van der Waals surface area contributed by atoms with Gasteiger partial charge in [0.25, 0.3) is 0 Å². The van der Waals surface area contributed by atoms with Crippen LogP contribution in [0, 0.1) is 6.92 Å². The van der Waals surface area contributed by atoms with Crippen LogP contribution in [-0.4, -0.2) is 35.0 Å². The van der Waals surface area contributed by atoms with Crippen LogP contribution in [0.25, 0.3) is 5.69 Å². The highest BCUT2D eigenvalue weighted by atomic mass is 16.6. The number of rotatable bonds is 3. The maximum atomic E-state index is 5.59. The van der Waals surface area contributed by atoms with Gasteiger partial charge in [0.15, 0.2) is 11.5 Å². The Morgan fingerprint density at radius 1 is 1.26 bits per heavy atom. The molecule has 0 fully saturated rings. The largest absolute Gasteiger partial charge is 0.486 e. The molecule has 100 valence electrons. The SMILES string of the molecule is CNCc1nc(C)nn1-c1ccc2c(c1)OCCO2. The van der Waals surface area contributed by atoms with Gasteiger partial charge in [-0.3, -0.25) is 0 Å². The molecule has 2 aromatic rings. The van der Waals surface area contributed by atoms with E-state index >= 15 is 0 Å². The minimum Gasteiger partial charge on any atom is -0.486 e. The van der Waals surface area contributed by atoms with E-state index in [-0.39, 0.29) is 0 Å². The van der Waals surface area contributed by atoms with Crippen LogP contribution in [0.1, 0.15) is 11.6 Å². The Morgan fingerprint density at radius 2 is 2.05 bits per heavy atom. The molecule has 0 amide bonds. The summed E-state index contributed by atoms with van der Waals surface area (Å²) in [6.45, 7) is 3.72. The third-order valence-electron chi connectivity index (χ3n) is 2.89. The number of benzene rings is 1. The van der Waals surface area contributed by atoms with Crippen molar-refractivity contribution in [1.82, 2.24) is 20.1 Å². The molecule has 0 atom stereocenters. The molecule has 0 bridgehead atoms. The molecule has 6 nitrogen and oxygen atoms in total. The summed E-state index contributed by atoms with van der Waals surface area (Å²) in [5, 5.41) is 7.51. The monoisotopic (exact) mass is 260 g/mol. The molecular formula is C13H16N4O2. The van der Waals surface area contributed by atoms with Gasteiger partial charge in [0, 0.05) is 6.07 Å². The van der Waals surface area contributed by atoms with Crippen molar-refractivity contribution in [3.8, 4) is 17.2 Å². The molecule has 0 radical (unpaired) electrons. The van der Waals surface area contributed by atoms with E-state index in [1.807, 2.05) is 36.9 Å². The molecule has 1 aliphatic rings. The summed E-state index contributed by atoms with van der Waals surface area (Å²) in [6.07, 6.45) is 0. The van der Waals surface area contributed by atoms with Crippen molar-refractivity contribution < 1.29 is 9.47 Å². The van der Waals surface area contributed by atoms with Crippen LogP contribution in [0.2, 0.25) is 0 Å². The molecule has 1 aliphatic heterocycles. The minimum absolute atomic E-state index is 0.580. The average molecular weight is 260 g/mol. The highest BCUT2D eigenvalue weighted by Crippen LogP contribution is 2.32. The zero-order chi connectivity index (χ0) is 13.2. The second kappa shape index (κ2) is 4.89. The van der Waals surface area contributed by atoms with Gasteiger partial charge in [0.1, 0.15) is 24.9 Å². The average Bonchev–Trinajstić information content (AvgIpc) is 2.80. The van der Waals surface area contributed by atoms with E-state index in [1.165, 1.54) is 0 Å². The summed E-state index contributed by atoms with van der Waals surface area (Å²) in [5.41, 5.74) is 0.926. The zero-order valence-corrected chi connectivity index (χ0v) is 11.0. The molecule has 19 heavy (non-hydrogen) atoms. The van der Waals surface area contributed by atoms with Gasteiger partial charge in [-0.25, -0.2) is 9.67 Å². The van der Waals surface area contributed by atoms with E-state index in [9.17, 15) is 0 Å². The van der Waals surface area contributed by atoms with Crippen molar-refractivity contribution in [3.05, 3.63) is 29.8 Å². The maximum Gasteiger partial charge on any atom is 0.163 e. The van der Waals surface area contributed by atoms with Crippen LogP contribution in [0.15, 0.2) is 18.2 Å². The predicted molar refractivity (Wildman–Crippen MR) is 69.8 cm³/mol. The molecule has 0 saturated carbocycles. The van der Waals surface area contributed by atoms with Gasteiger partial charge >= 0.3 is 0 Å². The van der Waals surface area contributed by atoms with Crippen molar-refractivity contribution in [2.45, 2.75) is 13.5 Å². The van der Waals surface area contributed by atoms with Crippen LogP contribution in [0.4, 0.5) is 0 Å². The summed E-state index contributed by atoms with van der Waals surface area (Å²) < 4.78 is 12.9. The topological polar surface area (TPSA) is 61.2 Å². The number of aromatic nitrogens is 3. The summed E-state index contributed by atoms with van der Waals surface area (Å²) in [4.78, 5) is 4.41. The first-order chi connectivity index (χ1) is 9.28. The van der Waals surface area contributed by atoms with Crippen LogP contribution in [-0.2, 0) is 6.54 Å². The third kappa shape index (κ3) is 2.26. The van der Waals surface area contributed by atoms with Crippen molar-refractivity contribution in [2.75, 3.05) is 20.3 Å². The lowest BCUT2D eigenvalue weighted by Gasteiger charge is -2.19. The number of hydrogen-bond donors (Lipinski definition) is 1. The fourth-order valence-electron chi connectivity index (χ4n) is 2.10. The first kappa shape index (κ1) is 12.0. The first-order valence-electron chi connectivity index (χ1n) is 6.25. The number of fused-ring (bicyclic) bond motifs is 1. The van der Waals surface area contributed by atoms with Crippen molar-refractivity contribution >= 4 is 0 Å². The lowest BCUT2D eigenvalue weighted by Crippen LogP contribution is -2.16. The lowest BCUT2D eigenvalue weighted by molar-refractivity contribution is 0.171. The Hall–Kier alpha value is -2.08. The highest BCUT2D eigenvalue weighted by molar-refractivity contribution is 5.49. The Balaban J connectivity index is 2.01. The molecular weight excluding hydrogens is 244 g/mol. The number of nitrogens with zero attached hydrogens (tertiary/aromatic N) is 3. The number of aryl methyl sites for hydroxylation is 1. The molecule has 0 spiro atoms. The number of hydrogen-bond acceptors (Lipinski definition) is 5. The van der Waals surface area contributed by atoms with Gasteiger partial charge in [-0.15, -0.1) is 0 Å². The Morgan fingerprint density at radius 3 is 2.84 bits per heavy atom. The van der Waals surface area contributed by atoms with E-state index in [0.717, 1.165) is 28.8 Å². The summed E-state index contributed by atoms with van der Waals surface area (Å²) >= 11 is 0. The van der Waals surface area contributed by atoms with Crippen LogP contribution in [0.5, 0.6) is 11.5 Å². The number of ether oxygens (including phenoxy) is 2. The quantitative estimate of drug-likeness (QED) is 0.894.